The van der Waals surface area contributed by atoms with E-state index in [1.54, 1.807) is 19.1 Å². The van der Waals surface area contributed by atoms with Gasteiger partial charge in [-0.25, -0.2) is 4.79 Å². The summed E-state index contributed by atoms with van der Waals surface area (Å²) in [6.07, 6.45) is 1.27. The summed E-state index contributed by atoms with van der Waals surface area (Å²) < 4.78 is 6.35. The number of hydrogen-bond acceptors (Lipinski definition) is 3. The molecule has 0 spiro atoms. The normalized spacial score (nSPS) is 13.4. The number of carbonyl (C=O) groups excluding carboxylic acids is 2. The van der Waals surface area contributed by atoms with Crippen LogP contribution in [0.15, 0.2) is 27.1 Å². The topological polar surface area (TPSA) is 55.4 Å². The molecule has 1 aromatic rings. The van der Waals surface area contributed by atoms with E-state index in [1.165, 1.54) is 7.11 Å². The lowest BCUT2D eigenvalue weighted by Gasteiger charge is -2.27. The first-order valence-corrected chi connectivity index (χ1v) is 7.78. The van der Waals surface area contributed by atoms with Gasteiger partial charge in [0.25, 0.3) is 5.91 Å². The van der Waals surface area contributed by atoms with E-state index in [0.717, 1.165) is 15.4 Å². The summed E-state index contributed by atoms with van der Waals surface area (Å²) in [5, 5.41) is 2.76. The van der Waals surface area contributed by atoms with Gasteiger partial charge in [-0.3, -0.25) is 4.79 Å². The van der Waals surface area contributed by atoms with Crippen molar-refractivity contribution in [1.29, 1.82) is 0 Å². The van der Waals surface area contributed by atoms with Gasteiger partial charge >= 0.3 is 5.97 Å². The average Bonchev–Trinajstić information content (AvgIpc) is 2.36. The van der Waals surface area contributed by atoms with Crippen LogP contribution < -0.4 is 5.32 Å². The van der Waals surface area contributed by atoms with E-state index in [2.05, 4.69) is 37.2 Å². The molecule has 6 heteroatoms. The van der Waals surface area contributed by atoms with E-state index < -0.39 is 11.5 Å². The molecule has 20 heavy (non-hydrogen) atoms. The van der Waals surface area contributed by atoms with Gasteiger partial charge in [0.1, 0.15) is 5.54 Å². The monoisotopic (exact) mass is 405 g/mol. The van der Waals surface area contributed by atoms with Crippen LogP contribution in [-0.2, 0) is 9.53 Å². The molecule has 1 unspecified atom stereocenters. The highest BCUT2D eigenvalue weighted by atomic mass is 79.9. The van der Waals surface area contributed by atoms with Gasteiger partial charge in [0.2, 0.25) is 0 Å². The zero-order chi connectivity index (χ0) is 15.3. The molecule has 0 aliphatic carbocycles. The van der Waals surface area contributed by atoms with Crippen molar-refractivity contribution >= 4 is 43.7 Å². The lowest BCUT2D eigenvalue weighted by molar-refractivity contribution is -0.147. The Balaban J connectivity index is 2.99. The van der Waals surface area contributed by atoms with Crippen molar-refractivity contribution in [2.75, 3.05) is 7.11 Å². The summed E-state index contributed by atoms with van der Waals surface area (Å²) >= 11 is 6.67. The van der Waals surface area contributed by atoms with Crippen molar-refractivity contribution in [1.82, 2.24) is 5.32 Å². The molecule has 1 amide bonds. The summed E-state index contributed by atoms with van der Waals surface area (Å²) in [5.41, 5.74) is -0.549. The molecule has 0 saturated carbocycles. The van der Waals surface area contributed by atoms with E-state index in [-0.39, 0.29) is 5.91 Å². The Bertz CT molecular complexity index is 499. The van der Waals surface area contributed by atoms with Crippen LogP contribution in [0.2, 0.25) is 0 Å². The summed E-state index contributed by atoms with van der Waals surface area (Å²) in [4.78, 5) is 24.2. The molecule has 0 heterocycles. The lowest BCUT2D eigenvalue weighted by Crippen LogP contribution is -2.52. The van der Waals surface area contributed by atoms with Crippen LogP contribution in [0.1, 0.15) is 37.0 Å². The molecule has 1 atom stereocenters. The summed E-state index contributed by atoms with van der Waals surface area (Å²) in [7, 11) is 1.32. The number of nitrogens with one attached hydrogen (secondary N) is 1. The number of ether oxygens (including phenoxy) is 1. The molecule has 0 saturated heterocycles. The van der Waals surface area contributed by atoms with Crippen molar-refractivity contribution in [3.8, 4) is 0 Å². The summed E-state index contributed by atoms with van der Waals surface area (Å²) in [6.45, 7) is 3.62. The largest absolute Gasteiger partial charge is 0.467 e. The third kappa shape index (κ3) is 4.31. The molecule has 1 N–H and O–H groups in total. The van der Waals surface area contributed by atoms with Crippen LogP contribution >= 0.6 is 31.9 Å². The number of rotatable bonds is 5. The first kappa shape index (κ1) is 17.2. The van der Waals surface area contributed by atoms with E-state index in [1.807, 2.05) is 13.0 Å². The van der Waals surface area contributed by atoms with Gasteiger partial charge in [0.15, 0.2) is 0 Å². The molecule has 0 aliphatic rings. The van der Waals surface area contributed by atoms with Crippen molar-refractivity contribution in [2.45, 2.75) is 32.2 Å². The number of methoxy groups -OCH3 is 1. The van der Waals surface area contributed by atoms with Gasteiger partial charge in [-0.1, -0.05) is 45.2 Å². The fourth-order valence-electron chi connectivity index (χ4n) is 1.95. The number of hydrogen-bond donors (Lipinski definition) is 1. The number of halogens is 2. The molecule has 0 radical (unpaired) electrons. The summed E-state index contributed by atoms with van der Waals surface area (Å²) in [5.74, 6) is -0.755. The standard InChI is InChI=1S/C14H17Br2NO3/c1-4-5-14(2,13(19)20-3)17-12(18)9-6-10(15)8-11(16)7-9/h6-8H,4-5H2,1-3H3,(H,17,18). The van der Waals surface area contributed by atoms with Crippen molar-refractivity contribution in [2.24, 2.45) is 0 Å². The molecule has 0 aromatic heterocycles. The zero-order valence-corrected chi connectivity index (χ0v) is 14.8. The summed E-state index contributed by atoms with van der Waals surface area (Å²) in [6, 6.07) is 5.23. The van der Waals surface area contributed by atoms with Crippen LogP contribution in [0.25, 0.3) is 0 Å². The van der Waals surface area contributed by atoms with Crippen LogP contribution in [0.4, 0.5) is 0 Å². The smallest absolute Gasteiger partial charge is 0.331 e. The maximum absolute atomic E-state index is 12.3. The van der Waals surface area contributed by atoms with E-state index >= 15 is 0 Å². The Hall–Kier alpha value is -0.880. The first-order valence-electron chi connectivity index (χ1n) is 6.19. The van der Waals surface area contributed by atoms with Crippen LogP contribution in [0.5, 0.6) is 0 Å². The molecule has 1 aromatic carbocycles. The Labute approximate surface area is 135 Å². The molecule has 0 bridgehead atoms. The predicted octanol–water partition coefficient (Wildman–Crippen LogP) is 3.67. The number of esters is 1. The maximum atomic E-state index is 12.3. The fraction of sp³-hybridized carbons (Fsp3) is 0.429. The number of benzene rings is 1. The number of carbonyl (C=O) groups is 2. The Morgan fingerprint density at radius 1 is 1.25 bits per heavy atom. The third-order valence-electron chi connectivity index (χ3n) is 2.90. The van der Waals surface area contributed by atoms with Crippen molar-refractivity contribution in [3.63, 3.8) is 0 Å². The third-order valence-corrected chi connectivity index (χ3v) is 3.82. The highest BCUT2D eigenvalue weighted by molar-refractivity contribution is 9.11. The zero-order valence-electron chi connectivity index (χ0n) is 11.6. The average molecular weight is 407 g/mol. The molecular formula is C14H17Br2NO3. The van der Waals surface area contributed by atoms with Crippen LogP contribution in [0, 0.1) is 0 Å². The second kappa shape index (κ2) is 7.22. The molecule has 0 fully saturated rings. The van der Waals surface area contributed by atoms with Gasteiger partial charge in [0.05, 0.1) is 7.11 Å². The van der Waals surface area contributed by atoms with Gasteiger partial charge in [-0.15, -0.1) is 0 Å². The van der Waals surface area contributed by atoms with Crippen molar-refractivity contribution in [3.05, 3.63) is 32.7 Å². The van der Waals surface area contributed by atoms with E-state index in [9.17, 15) is 9.59 Å². The van der Waals surface area contributed by atoms with Gasteiger partial charge < -0.3 is 10.1 Å². The molecule has 1 rings (SSSR count). The molecular weight excluding hydrogens is 390 g/mol. The van der Waals surface area contributed by atoms with Gasteiger partial charge in [-0.05, 0) is 31.5 Å². The van der Waals surface area contributed by atoms with E-state index in [0.29, 0.717) is 12.0 Å². The second-order valence-corrected chi connectivity index (χ2v) is 6.52. The first-order chi connectivity index (χ1) is 9.32. The van der Waals surface area contributed by atoms with Crippen LogP contribution in [-0.4, -0.2) is 24.5 Å². The highest BCUT2D eigenvalue weighted by Crippen LogP contribution is 2.21. The second-order valence-electron chi connectivity index (χ2n) is 4.69. The van der Waals surface area contributed by atoms with Gasteiger partial charge in [-0.2, -0.15) is 0 Å². The molecule has 0 aliphatic heterocycles. The minimum absolute atomic E-state index is 0.312. The Kier molecular flexibility index (Phi) is 6.20. The quantitative estimate of drug-likeness (QED) is 0.759. The minimum Gasteiger partial charge on any atom is -0.467 e. The Morgan fingerprint density at radius 3 is 2.25 bits per heavy atom. The Morgan fingerprint density at radius 2 is 1.80 bits per heavy atom. The van der Waals surface area contributed by atoms with Gasteiger partial charge in [0, 0.05) is 14.5 Å². The minimum atomic E-state index is -1.02. The number of amides is 1. The highest BCUT2D eigenvalue weighted by Gasteiger charge is 2.35. The van der Waals surface area contributed by atoms with E-state index in [4.69, 9.17) is 4.74 Å². The van der Waals surface area contributed by atoms with Crippen LogP contribution in [0.3, 0.4) is 0 Å². The van der Waals surface area contributed by atoms with Crippen molar-refractivity contribution < 1.29 is 14.3 Å². The molecule has 110 valence electrons. The fourth-order valence-corrected chi connectivity index (χ4v) is 3.24. The molecule has 4 nitrogen and oxygen atoms in total. The lowest BCUT2D eigenvalue weighted by atomic mass is 9.95. The predicted molar refractivity (Wildman–Crippen MR) is 84.6 cm³/mol. The SMILES string of the molecule is CCCC(C)(NC(=O)c1cc(Br)cc(Br)c1)C(=O)OC. The maximum Gasteiger partial charge on any atom is 0.331 e.